The third kappa shape index (κ3) is 6.49. The minimum Gasteiger partial charge on any atom is -0.493 e. The van der Waals surface area contributed by atoms with Gasteiger partial charge in [0.1, 0.15) is 29.2 Å². The van der Waals surface area contributed by atoms with Gasteiger partial charge in [-0.15, -0.1) is 13.2 Å². The van der Waals surface area contributed by atoms with E-state index in [0.717, 1.165) is 18.4 Å². The third-order valence-electron chi connectivity index (χ3n) is 5.35. The largest absolute Gasteiger partial charge is 0.573 e. The smallest absolute Gasteiger partial charge is 0.493 e. The summed E-state index contributed by atoms with van der Waals surface area (Å²) in [5, 5.41) is 8.75. The van der Waals surface area contributed by atoms with Crippen LogP contribution in [0.2, 0.25) is 0 Å². The molecule has 4 rings (SSSR count). The van der Waals surface area contributed by atoms with E-state index in [0.29, 0.717) is 47.9 Å². The van der Waals surface area contributed by atoms with E-state index in [1.807, 2.05) is 28.8 Å². The van der Waals surface area contributed by atoms with Gasteiger partial charge in [-0.2, -0.15) is 0 Å². The summed E-state index contributed by atoms with van der Waals surface area (Å²) in [5.74, 6) is 0.0470. The Hall–Kier alpha value is -4.15. The third-order valence-corrected chi connectivity index (χ3v) is 5.35. The fourth-order valence-corrected chi connectivity index (χ4v) is 3.74. The Balaban J connectivity index is 1.57. The Morgan fingerprint density at radius 3 is 2.56 bits per heavy atom. The molecule has 0 fully saturated rings. The number of aromatic nitrogens is 4. The molecule has 1 N–H and O–H groups in total. The first-order valence-corrected chi connectivity index (χ1v) is 11.2. The van der Waals surface area contributed by atoms with E-state index in [4.69, 9.17) is 9.84 Å². The number of halogens is 3. The number of carbonyl (C=O) groups is 1. The van der Waals surface area contributed by atoms with Crippen LogP contribution in [0.3, 0.4) is 0 Å². The van der Waals surface area contributed by atoms with Crippen LogP contribution >= 0.6 is 0 Å². The Morgan fingerprint density at radius 1 is 1.03 bits per heavy atom. The van der Waals surface area contributed by atoms with Gasteiger partial charge in [0.2, 0.25) is 0 Å². The highest BCUT2D eigenvalue weighted by molar-refractivity contribution is 5.76. The first kappa shape index (κ1) is 25.0. The summed E-state index contributed by atoms with van der Waals surface area (Å²) in [7, 11) is 0. The molecule has 0 atom stereocenters. The highest BCUT2D eigenvalue weighted by atomic mass is 19.4. The number of hydrogen-bond acceptors (Lipinski definition) is 6. The quantitative estimate of drug-likeness (QED) is 0.273. The van der Waals surface area contributed by atoms with Crippen molar-refractivity contribution < 1.29 is 32.5 Å². The van der Waals surface area contributed by atoms with E-state index in [1.165, 1.54) is 30.6 Å². The standard InChI is InChI=1S/C25H23F3N4O4/c26-25(27,28)36-19-11-9-17(10-12-19)23-31-20-14-29-16-30-24(20)32(23)15-18-6-3-4-7-21(18)35-13-5-1-2-8-22(33)34/h3-4,6-7,9-12,14,16H,1-2,5,8,13,15H2,(H,33,34). The SMILES string of the molecule is O=C(O)CCCCCOc1ccccc1Cn1c(-c2ccc(OC(F)(F)F)cc2)nc2cncnc21. The van der Waals surface area contributed by atoms with Gasteiger partial charge in [0.05, 0.1) is 19.3 Å². The van der Waals surface area contributed by atoms with E-state index in [-0.39, 0.29) is 12.2 Å². The summed E-state index contributed by atoms with van der Waals surface area (Å²) in [5.41, 5.74) is 2.55. The summed E-state index contributed by atoms with van der Waals surface area (Å²) in [6.45, 7) is 0.788. The second-order valence-corrected chi connectivity index (χ2v) is 7.99. The molecule has 0 radical (unpaired) electrons. The lowest BCUT2D eigenvalue weighted by Crippen LogP contribution is -2.17. The topological polar surface area (TPSA) is 99.4 Å². The molecule has 8 nitrogen and oxygen atoms in total. The molecule has 0 unspecified atom stereocenters. The van der Waals surface area contributed by atoms with Gasteiger partial charge in [-0.3, -0.25) is 4.79 Å². The number of para-hydroxylation sites is 1. The average Bonchev–Trinajstić information content (AvgIpc) is 3.20. The van der Waals surface area contributed by atoms with Crippen molar-refractivity contribution in [1.82, 2.24) is 19.5 Å². The minimum absolute atomic E-state index is 0.137. The molecule has 0 aliphatic heterocycles. The zero-order chi connectivity index (χ0) is 25.5. The van der Waals surface area contributed by atoms with Gasteiger partial charge < -0.3 is 19.1 Å². The molecule has 0 aliphatic carbocycles. The molecule has 188 valence electrons. The molecule has 0 spiro atoms. The Kier molecular flexibility index (Phi) is 7.67. The summed E-state index contributed by atoms with van der Waals surface area (Å²) >= 11 is 0. The molecule has 0 amide bonds. The van der Waals surface area contributed by atoms with Crippen molar-refractivity contribution in [2.75, 3.05) is 6.61 Å². The molecule has 0 aliphatic rings. The van der Waals surface area contributed by atoms with Crippen LogP contribution in [0, 0.1) is 0 Å². The molecule has 2 heterocycles. The molecule has 2 aromatic carbocycles. The number of hydrogen-bond donors (Lipinski definition) is 1. The average molecular weight is 500 g/mol. The van der Waals surface area contributed by atoms with Crippen molar-refractivity contribution in [3.05, 3.63) is 66.6 Å². The molecular weight excluding hydrogens is 477 g/mol. The number of ether oxygens (including phenoxy) is 2. The van der Waals surface area contributed by atoms with Crippen LogP contribution < -0.4 is 9.47 Å². The van der Waals surface area contributed by atoms with Gasteiger partial charge in [-0.05, 0) is 49.6 Å². The van der Waals surface area contributed by atoms with Gasteiger partial charge in [0, 0.05) is 17.5 Å². The normalized spacial score (nSPS) is 11.5. The maximum Gasteiger partial charge on any atom is 0.573 e. The zero-order valence-corrected chi connectivity index (χ0v) is 19.1. The van der Waals surface area contributed by atoms with Crippen LogP contribution in [-0.2, 0) is 11.3 Å². The Morgan fingerprint density at radius 2 is 1.81 bits per heavy atom. The van der Waals surface area contributed by atoms with Gasteiger partial charge in [-0.25, -0.2) is 15.0 Å². The number of nitrogens with zero attached hydrogens (tertiary/aromatic N) is 4. The summed E-state index contributed by atoms with van der Waals surface area (Å²) in [4.78, 5) is 23.6. The highest BCUT2D eigenvalue weighted by Gasteiger charge is 2.31. The van der Waals surface area contributed by atoms with E-state index in [1.54, 1.807) is 6.20 Å². The monoisotopic (exact) mass is 500 g/mol. The molecule has 0 saturated carbocycles. The fourth-order valence-electron chi connectivity index (χ4n) is 3.74. The van der Waals surface area contributed by atoms with Crippen molar-refractivity contribution in [2.24, 2.45) is 0 Å². The summed E-state index contributed by atoms with van der Waals surface area (Å²) in [6.07, 6.45) is 0.406. The van der Waals surface area contributed by atoms with Crippen molar-refractivity contribution in [3.63, 3.8) is 0 Å². The number of alkyl halides is 3. The predicted molar refractivity (Wildman–Crippen MR) is 125 cm³/mol. The van der Waals surface area contributed by atoms with Crippen molar-refractivity contribution in [2.45, 2.75) is 38.6 Å². The van der Waals surface area contributed by atoms with Crippen LogP contribution in [0.5, 0.6) is 11.5 Å². The number of carboxylic acids is 1. The minimum atomic E-state index is -4.77. The first-order chi connectivity index (χ1) is 17.3. The summed E-state index contributed by atoms with van der Waals surface area (Å²) < 4.78 is 49.4. The number of carboxylic acid groups (broad SMARTS) is 1. The predicted octanol–water partition coefficient (Wildman–Crippen LogP) is 5.46. The number of imidazole rings is 1. The number of aliphatic carboxylic acids is 1. The number of rotatable bonds is 11. The number of benzene rings is 2. The molecule has 0 bridgehead atoms. The van der Waals surface area contributed by atoms with Crippen LogP contribution in [0.4, 0.5) is 13.2 Å². The number of unbranched alkanes of at least 4 members (excludes halogenated alkanes) is 2. The lowest BCUT2D eigenvalue weighted by Gasteiger charge is -2.14. The van der Waals surface area contributed by atoms with Crippen molar-refractivity contribution >= 4 is 17.1 Å². The molecule has 4 aromatic rings. The molecule has 2 aromatic heterocycles. The van der Waals surface area contributed by atoms with Gasteiger partial charge in [0.15, 0.2) is 5.65 Å². The first-order valence-electron chi connectivity index (χ1n) is 11.2. The second kappa shape index (κ2) is 11.1. The van der Waals surface area contributed by atoms with Gasteiger partial charge >= 0.3 is 12.3 Å². The lowest BCUT2D eigenvalue weighted by atomic mass is 10.1. The lowest BCUT2D eigenvalue weighted by molar-refractivity contribution is -0.274. The van der Waals surface area contributed by atoms with Crippen molar-refractivity contribution in [3.8, 4) is 22.9 Å². The van der Waals surface area contributed by atoms with Gasteiger partial charge in [-0.1, -0.05) is 18.2 Å². The summed E-state index contributed by atoms with van der Waals surface area (Å²) in [6, 6.07) is 13.0. The van der Waals surface area contributed by atoms with E-state index in [9.17, 15) is 18.0 Å². The second-order valence-electron chi connectivity index (χ2n) is 7.99. The van der Waals surface area contributed by atoms with Crippen LogP contribution in [0.25, 0.3) is 22.6 Å². The van der Waals surface area contributed by atoms with Gasteiger partial charge in [0.25, 0.3) is 0 Å². The highest BCUT2D eigenvalue weighted by Crippen LogP contribution is 2.30. The van der Waals surface area contributed by atoms with Crippen LogP contribution in [0.1, 0.15) is 31.2 Å². The molecule has 11 heteroatoms. The van der Waals surface area contributed by atoms with Crippen LogP contribution in [-0.4, -0.2) is 43.6 Å². The zero-order valence-electron chi connectivity index (χ0n) is 19.1. The maximum absolute atomic E-state index is 12.5. The van der Waals surface area contributed by atoms with E-state index in [2.05, 4.69) is 19.7 Å². The number of fused-ring (bicyclic) bond motifs is 1. The van der Waals surface area contributed by atoms with Crippen molar-refractivity contribution in [1.29, 1.82) is 0 Å². The molecule has 0 saturated heterocycles. The molecular formula is C25H23F3N4O4. The van der Waals surface area contributed by atoms with E-state index >= 15 is 0 Å². The Bertz CT molecular complexity index is 1320. The fraction of sp³-hybridized carbons (Fsp3) is 0.280. The van der Waals surface area contributed by atoms with Crippen LogP contribution in [0.15, 0.2) is 61.1 Å². The van der Waals surface area contributed by atoms with E-state index < -0.39 is 12.3 Å². The maximum atomic E-state index is 12.5. The Labute approximate surface area is 204 Å². The molecule has 36 heavy (non-hydrogen) atoms.